The van der Waals surface area contributed by atoms with E-state index < -0.39 is 32.3 Å². The summed E-state index contributed by atoms with van der Waals surface area (Å²) in [5, 5.41) is 0. The molecule has 162 valence electrons. The first-order valence-corrected chi connectivity index (χ1v) is 16.9. The monoisotopic (exact) mass is 458 g/mol. The predicted octanol–water partition coefficient (Wildman–Crippen LogP) is 5.27. The number of halogens is 3. The van der Waals surface area contributed by atoms with E-state index in [0.717, 1.165) is 25.0 Å². The molecule has 0 amide bonds. The van der Waals surface area contributed by atoms with Crippen LogP contribution >= 0.6 is 0 Å². The van der Waals surface area contributed by atoms with E-state index in [-0.39, 0.29) is 5.78 Å². The van der Waals surface area contributed by atoms with Gasteiger partial charge >= 0.3 is 15.6 Å². The summed E-state index contributed by atoms with van der Waals surface area (Å²) in [7, 11) is -9.45. The molecule has 0 N–H and O–H groups in total. The van der Waals surface area contributed by atoms with Crippen molar-refractivity contribution >= 4 is 32.5 Å². The second kappa shape index (κ2) is 10.6. The van der Waals surface area contributed by atoms with Crippen LogP contribution in [0.15, 0.2) is 36.1 Å². The van der Waals surface area contributed by atoms with Crippen LogP contribution < -0.4 is 0 Å². The number of carbonyl (C=O) groups excluding carboxylic acids is 1. The molecular formula is C17H29F3O5SSi2. The fourth-order valence-electron chi connectivity index (χ4n) is 1.77. The Labute approximate surface area is 167 Å². The van der Waals surface area contributed by atoms with Crippen molar-refractivity contribution in [3.8, 4) is 0 Å². The Morgan fingerprint density at radius 1 is 0.964 bits per heavy atom. The van der Waals surface area contributed by atoms with Crippen molar-refractivity contribution in [2.45, 2.75) is 64.1 Å². The predicted molar refractivity (Wildman–Crippen MR) is 109 cm³/mol. The molecule has 0 fully saturated rings. The van der Waals surface area contributed by atoms with Gasteiger partial charge < -0.3 is 8.30 Å². The van der Waals surface area contributed by atoms with Gasteiger partial charge in [0.1, 0.15) is 0 Å². The quantitative estimate of drug-likeness (QED) is 0.424. The average Bonchev–Trinajstić information content (AvgIpc) is 3.08. The maximum Gasteiger partial charge on any atom is 0.522 e. The third-order valence-corrected chi connectivity index (χ3v) is 6.96. The molecule has 0 aromatic rings. The fourth-order valence-corrected chi connectivity index (χ4v) is 5.64. The van der Waals surface area contributed by atoms with Gasteiger partial charge in [-0.1, -0.05) is 12.2 Å². The first kappa shape index (κ1) is 26.8. The van der Waals surface area contributed by atoms with Crippen LogP contribution in [0.25, 0.3) is 0 Å². The number of rotatable bonds is 4. The van der Waals surface area contributed by atoms with Crippen LogP contribution in [0.2, 0.25) is 39.3 Å². The molecule has 2 aliphatic carbocycles. The summed E-state index contributed by atoms with van der Waals surface area (Å²) in [6, 6.07) is 0. The molecule has 0 radical (unpaired) electrons. The van der Waals surface area contributed by atoms with Gasteiger partial charge in [0.05, 0.1) is 5.76 Å². The molecule has 0 heterocycles. The van der Waals surface area contributed by atoms with E-state index in [2.05, 4.69) is 41.7 Å². The van der Waals surface area contributed by atoms with E-state index in [1.54, 1.807) is 6.08 Å². The first-order valence-electron chi connectivity index (χ1n) is 8.70. The molecule has 0 aliphatic heterocycles. The fraction of sp³-hybridized carbons (Fsp3) is 0.588. The van der Waals surface area contributed by atoms with Gasteiger partial charge in [-0.3, -0.25) is 4.79 Å². The standard InChI is InChI=1S/C8H14OSi.C5H6O.C4H9F3O3SSi/c1-10(2,3)9-8-6-4-5-7-8;6-5-3-1-2-4-5;1-12(2,3)10-11(8,9)4(5,6)7/h4,6-7H,5H2,1-3H3;1,3H,2,4H2;1-3H3. The second-order valence-electron chi connectivity index (χ2n) is 7.96. The number of hydrogen-bond donors (Lipinski definition) is 0. The zero-order valence-electron chi connectivity index (χ0n) is 17.1. The molecule has 0 aromatic heterocycles. The van der Waals surface area contributed by atoms with Gasteiger partial charge in [0.25, 0.3) is 0 Å². The van der Waals surface area contributed by atoms with Crippen molar-refractivity contribution in [2.75, 3.05) is 0 Å². The van der Waals surface area contributed by atoms with Crippen LogP contribution in [0.3, 0.4) is 0 Å². The van der Waals surface area contributed by atoms with Gasteiger partial charge in [0.2, 0.25) is 16.6 Å². The van der Waals surface area contributed by atoms with Crippen LogP contribution in [-0.2, 0) is 23.2 Å². The molecule has 2 aliphatic rings. The Morgan fingerprint density at radius 2 is 1.54 bits per heavy atom. The molecular weight excluding hydrogens is 429 g/mol. The number of alkyl halides is 3. The Bertz CT molecular complexity index is 713. The summed E-state index contributed by atoms with van der Waals surface area (Å²) >= 11 is 0. The van der Waals surface area contributed by atoms with Crippen molar-refractivity contribution in [3.05, 3.63) is 36.1 Å². The molecule has 0 atom stereocenters. The number of allylic oxidation sites excluding steroid dienone is 5. The molecule has 0 spiro atoms. The third-order valence-electron chi connectivity index (χ3n) is 2.67. The summed E-state index contributed by atoms with van der Waals surface area (Å²) < 4.78 is 65.4. The van der Waals surface area contributed by atoms with Crippen LogP contribution in [0.1, 0.15) is 19.3 Å². The van der Waals surface area contributed by atoms with Gasteiger partial charge in [0.15, 0.2) is 5.78 Å². The Kier molecular flexibility index (Phi) is 10.1. The Hall–Kier alpha value is -1.18. The highest BCUT2D eigenvalue weighted by Crippen LogP contribution is 2.27. The van der Waals surface area contributed by atoms with Crippen molar-refractivity contribution in [1.29, 1.82) is 0 Å². The van der Waals surface area contributed by atoms with E-state index >= 15 is 0 Å². The first-order chi connectivity index (χ1) is 12.4. The minimum Gasteiger partial charge on any atom is -0.545 e. The number of hydrogen-bond acceptors (Lipinski definition) is 5. The Morgan fingerprint density at radius 3 is 1.75 bits per heavy atom. The van der Waals surface area contributed by atoms with Gasteiger partial charge in [-0.15, -0.1) is 0 Å². The molecule has 0 saturated heterocycles. The lowest BCUT2D eigenvalue weighted by molar-refractivity contribution is -0.114. The molecule has 2 rings (SSSR count). The molecule has 11 heteroatoms. The maximum absolute atomic E-state index is 11.7. The topological polar surface area (TPSA) is 69.7 Å². The summed E-state index contributed by atoms with van der Waals surface area (Å²) in [6.07, 6.45) is 12.6. The third kappa shape index (κ3) is 13.1. The highest BCUT2D eigenvalue weighted by atomic mass is 32.2. The van der Waals surface area contributed by atoms with Crippen molar-refractivity contribution in [3.63, 3.8) is 0 Å². The van der Waals surface area contributed by atoms with E-state index in [0.29, 0.717) is 0 Å². The maximum atomic E-state index is 11.7. The van der Waals surface area contributed by atoms with Gasteiger partial charge in [-0.25, -0.2) is 0 Å². The van der Waals surface area contributed by atoms with Crippen LogP contribution in [0.4, 0.5) is 13.2 Å². The molecule has 0 unspecified atom stereocenters. The molecule has 0 aromatic carbocycles. The molecule has 0 saturated carbocycles. The largest absolute Gasteiger partial charge is 0.545 e. The van der Waals surface area contributed by atoms with Crippen LogP contribution in [0, 0.1) is 0 Å². The lowest BCUT2D eigenvalue weighted by Gasteiger charge is -2.18. The summed E-state index contributed by atoms with van der Waals surface area (Å²) in [5.41, 5.74) is -5.31. The van der Waals surface area contributed by atoms with Gasteiger partial charge in [-0.2, -0.15) is 21.6 Å². The Balaban J connectivity index is 0.000000409. The summed E-state index contributed by atoms with van der Waals surface area (Å²) in [5.74, 6) is 1.34. The van der Waals surface area contributed by atoms with Crippen LogP contribution in [-0.4, -0.2) is 36.3 Å². The van der Waals surface area contributed by atoms with Crippen molar-refractivity contribution < 1.29 is 34.7 Å². The van der Waals surface area contributed by atoms with Gasteiger partial charge in [0, 0.05) is 6.42 Å². The van der Waals surface area contributed by atoms with E-state index in [1.807, 2.05) is 6.08 Å². The van der Waals surface area contributed by atoms with Gasteiger partial charge in [-0.05, 0) is 70.4 Å². The normalized spacial score (nSPS) is 16.8. The highest BCUT2D eigenvalue weighted by molar-refractivity contribution is 7.88. The molecule has 28 heavy (non-hydrogen) atoms. The smallest absolute Gasteiger partial charge is 0.522 e. The molecule has 0 bridgehead atoms. The second-order valence-corrected chi connectivity index (χ2v) is 18.7. The van der Waals surface area contributed by atoms with Crippen LogP contribution in [0.5, 0.6) is 0 Å². The van der Waals surface area contributed by atoms with E-state index in [9.17, 15) is 26.4 Å². The zero-order chi connectivity index (χ0) is 22.2. The minimum absolute atomic E-state index is 0.273. The number of carbonyl (C=O) groups is 1. The SMILES string of the molecule is C[Si](C)(C)OC1=CCC=C1.C[Si](C)(C)OS(=O)(=O)C(F)(F)F.O=C1C=CCC1. The number of ketones is 1. The average molecular weight is 459 g/mol. The molecule has 5 nitrogen and oxygen atoms in total. The van der Waals surface area contributed by atoms with Crippen molar-refractivity contribution in [1.82, 2.24) is 0 Å². The lowest BCUT2D eigenvalue weighted by Crippen LogP contribution is -2.36. The summed E-state index contributed by atoms with van der Waals surface area (Å²) in [6.45, 7) is 10.7. The van der Waals surface area contributed by atoms with E-state index in [4.69, 9.17) is 4.43 Å². The zero-order valence-corrected chi connectivity index (χ0v) is 19.9. The van der Waals surface area contributed by atoms with E-state index in [1.165, 1.54) is 19.6 Å². The minimum atomic E-state index is -5.39. The summed E-state index contributed by atoms with van der Waals surface area (Å²) in [4.78, 5) is 10.2. The lowest BCUT2D eigenvalue weighted by atomic mass is 10.3. The highest BCUT2D eigenvalue weighted by Gasteiger charge is 2.49. The van der Waals surface area contributed by atoms with Crippen molar-refractivity contribution in [2.24, 2.45) is 0 Å².